The van der Waals surface area contributed by atoms with Crippen LogP contribution in [0.3, 0.4) is 0 Å². The average molecular weight is 438 g/mol. The summed E-state index contributed by atoms with van der Waals surface area (Å²) in [6, 6.07) is 3.54. The third kappa shape index (κ3) is 4.25. The van der Waals surface area contributed by atoms with Gasteiger partial charge in [-0.15, -0.1) is 0 Å². The van der Waals surface area contributed by atoms with Crippen molar-refractivity contribution < 1.29 is 14.1 Å². The zero-order valence-corrected chi connectivity index (χ0v) is 19.0. The molecule has 4 rings (SSSR count). The molecule has 0 bridgehead atoms. The number of hydrogen-bond acceptors (Lipinski definition) is 7. The Hall–Kier alpha value is -3.56. The summed E-state index contributed by atoms with van der Waals surface area (Å²) in [4.78, 5) is 38.0. The summed E-state index contributed by atoms with van der Waals surface area (Å²) < 4.78 is 6.77. The van der Waals surface area contributed by atoms with Gasteiger partial charge in [0.2, 0.25) is 11.7 Å². The highest BCUT2D eigenvalue weighted by atomic mass is 16.5. The maximum absolute atomic E-state index is 13.0. The van der Waals surface area contributed by atoms with Gasteiger partial charge in [-0.2, -0.15) is 5.10 Å². The van der Waals surface area contributed by atoms with E-state index in [4.69, 9.17) is 4.52 Å². The number of carbonyl (C=O) groups is 2. The molecule has 10 heteroatoms. The van der Waals surface area contributed by atoms with E-state index >= 15 is 0 Å². The fraction of sp³-hybridized carbons (Fsp3) is 0.455. The molecule has 0 saturated carbocycles. The van der Waals surface area contributed by atoms with Crippen LogP contribution < -0.4 is 0 Å². The second kappa shape index (κ2) is 8.52. The Kier molecular flexibility index (Phi) is 5.77. The molecule has 0 radical (unpaired) electrons. The maximum atomic E-state index is 13.0. The average Bonchev–Trinajstić information content (AvgIpc) is 3.31. The van der Waals surface area contributed by atoms with Crippen molar-refractivity contribution in [2.75, 3.05) is 26.2 Å². The number of nitrogens with zero attached hydrogens (tertiary/aromatic N) is 7. The summed E-state index contributed by atoms with van der Waals surface area (Å²) in [6.07, 6.45) is 0.248. The van der Waals surface area contributed by atoms with Crippen molar-refractivity contribution in [1.82, 2.24) is 34.7 Å². The first-order chi connectivity index (χ1) is 15.2. The fourth-order valence-electron chi connectivity index (χ4n) is 3.97. The highest BCUT2D eigenvalue weighted by Gasteiger charge is 2.28. The third-order valence-corrected chi connectivity index (χ3v) is 5.69. The number of amides is 2. The van der Waals surface area contributed by atoms with Gasteiger partial charge in [0.25, 0.3) is 11.9 Å². The largest absolute Gasteiger partial charge is 0.351 e. The zero-order chi connectivity index (χ0) is 23.0. The molecular weight excluding hydrogens is 410 g/mol. The van der Waals surface area contributed by atoms with Gasteiger partial charge >= 0.3 is 0 Å². The number of aryl methyl sites for hydroxylation is 4. The lowest BCUT2D eigenvalue weighted by Crippen LogP contribution is -2.51. The quantitative estimate of drug-likeness (QED) is 0.611. The summed E-state index contributed by atoms with van der Waals surface area (Å²) >= 11 is 0. The Labute approximate surface area is 186 Å². The summed E-state index contributed by atoms with van der Waals surface area (Å²) in [5.41, 5.74) is 4.92. The lowest BCUT2D eigenvalue weighted by atomic mass is 10.1. The van der Waals surface area contributed by atoms with E-state index in [2.05, 4.69) is 20.2 Å². The Bertz CT molecular complexity index is 1150. The molecule has 32 heavy (non-hydrogen) atoms. The first-order valence-corrected chi connectivity index (χ1v) is 10.6. The molecular formula is C22H27N7O3. The molecule has 1 fully saturated rings. The highest BCUT2D eigenvalue weighted by Crippen LogP contribution is 2.19. The molecule has 0 atom stereocenters. The summed E-state index contributed by atoms with van der Waals surface area (Å²) in [6.45, 7) is 11.3. The summed E-state index contributed by atoms with van der Waals surface area (Å²) in [5.74, 6) is 0.560. The first kappa shape index (κ1) is 21.7. The molecule has 0 N–H and O–H groups in total. The van der Waals surface area contributed by atoms with Crippen LogP contribution in [0.15, 0.2) is 16.7 Å². The molecule has 3 aromatic rings. The molecule has 0 aromatic carbocycles. The Balaban J connectivity index is 1.42. The molecule has 3 aromatic heterocycles. The van der Waals surface area contributed by atoms with Crippen LogP contribution in [0, 0.1) is 34.6 Å². The highest BCUT2D eigenvalue weighted by molar-refractivity contribution is 5.91. The van der Waals surface area contributed by atoms with Gasteiger partial charge in [-0.3, -0.25) is 9.59 Å². The van der Waals surface area contributed by atoms with Gasteiger partial charge in [0, 0.05) is 54.9 Å². The number of piperazine rings is 1. The van der Waals surface area contributed by atoms with E-state index in [-0.39, 0.29) is 24.0 Å². The van der Waals surface area contributed by atoms with E-state index in [0.717, 1.165) is 28.3 Å². The SMILES string of the molecule is Cc1cc(C(=O)N2CCN(C(=O)Cc3c(C)nn(-c4nc(C)cc(C)n4)c3C)CC2)on1. The van der Waals surface area contributed by atoms with Gasteiger partial charge in [0.15, 0.2) is 0 Å². The van der Waals surface area contributed by atoms with Crippen molar-refractivity contribution >= 4 is 11.8 Å². The van der Waals surface area contributed by atoms with Gasteiger partial charge in [0.1, 0.15) is 0 Å². The molecule has 4 heterocycles. The van der Waals surface area contributed by atoms with Crippen LogP contribution in [0.5, 0.6) is 0 Å². The van der Waals surface area contributed by atoms with Crippen LogP contribution >= 0.6 is 0 Å². The van der Waals surface area contributed by atoms with Crippen molar-refractivity contribution in [2.45, 2.75) is 41.0 Å². The van der Waals surface area contributed by atoms with Crippen molar-refractivity contribution in [3.8, 4) is 5.95 Å². The standard InChI is InChI=1S/C22H27N7O3/c1-13-10-14(2)24-22(23-13)29-17(5)18(16(4)25-29)12-20(30)27-6-8-28(9-7-27)21(31)19-11-15(3)26-32-19/h10-11H,6-9,12H2,1-5H3. The summed E-state index contributed by atoms with van der Waals surface area (Å²) in [5, 5.41) is 8.35. The van der Waals surface area contributed by atoms with Gasteiger partial charge in [0.05, 0.1) is 17.8 Å². The number of hydrogen-bond donors (Lipinski definition) is 0. The third-order valence-electron chi connectivity index (χ3n) is 5.69. The molecule has 0 spiro atoms. The molecule has 10 nitrogen and oxygen atoms in total. The normalized spacial score (nSPS) is 14.2. The van der Waals surface area contributed by atoms with Crippen LogP contribution in [-0.2, 0) is 11.2 Å². The Morgan fingerprint density at radius 3 is 2.12 bits per heavy atom. The predicted molar refractivity (Wildman–Crippen MR) is 116 cm³/mol. The molecule has 2 amide bonds. The van der Waals surface area contributed by atoms with Crippen LogP contribution in [0.4, 0.5) is 0 Å². The minimum Gasteiger partial charge on any atom is -0.351 e. The lowest BCUT2D eigenvalue weighted by molar-refractivity contribution is -0.131. The number of carbonyl (C=O) groups excluding carboxylic acids is 2. The van der Waals surface area contributed by atoms with Gasteiger partial charge in [-0.1, -0.05) is 5.16 Å². The number of aromatic nitrogens is 5. The molecule has 0 unspecified atom stereocenters. The van der Waals surface area contributed by atoms with E-state index in [1.807, 2.05) is 33.8 Å². The zero-order valence-electron chi connectivity index (χ0n) is 19.0. The Morgan fingerprint density at radius 1 is 0.906 bits per heavy atom. The lowest BCUT2D eigenvalue weighted by Gasteiger charge is -2.34. The van der Waals surface area contributed by atoms with Crippen LogP contribution in [0.1, 0.15) is 44.6 Å². The van der Waals surface area contributed by atoms with Gasteiger partial charge in [-0.05, 0) is 40.7 Å². The predicted octanol–water partition coefficient (Wildman–Crippen LogP) is 1.72. The maximum Gasteiger partial charge on any atom is 0.292 e. The van der Waals surface area contributed by atoms with E-state index < -0.39 is 0 Å². The van der Waals surface area contributed by atoms with Gasteiger partial charge < -0.3 is 14.3 Å². The minimum absolute atomic E-state index is 0.0136. The van der Waals surface area contributed by atoms with E-state index in [1.165, 1.54) is 0 Å². The van der Waals surface area contributed by atoms with Crippen LogP contribution in [0.25, 0.3) is 5.95 Å². The second-order valence-electron chi connectivity index (χ2n) is 8.19. The van der Waals surface area contributed by atoms with Crippen molar-refractivity contribution in [3.05, 3.63) is 51.9 Å². The Morgan fingerprint density at radius 2 is 1.53 bits per heavy atom. The van der Waals surface area contributed by atoms with Crippen molar-refractivity contribution in [2.24, 2.45) is 0 Å². The van der Waals surface area contributed by atoms with E-state index in [1.54, 1.807) is 27.5 Å². The smallest absolute Gasteiger partial charge is 0.292 e. The number of rotatable bonds is 4. The van der Waals surface area contributed by atoms with E-state index in [0.29, 0.717) is 37.8 Å². The van der Waals surface area contributed by atoms with E-state index in [9.17, 15) is 9.59 Å². The molecule has 1 aliphatic heterocycles. The molecule has 168 valence electrons. The molecule has 0 aliphatic carbocycles. The minimum atomic E-state index is -0.195. The molecule has 1 saturated heterocycles. The topological polar surface area (TPSA) is 110 Å². The van der Waals surface area contributed by atoms with Crippen molar-refractivity contribution in [1.29, 1.82) is 0 Å². The fourth-order valence-corrected chi connectivity index (χ4v) is 3.97. The second-order valence-corrected chi connectivity index (χ2v) is 8.19. The summed E-state index contributed by atoms with van der Waals surface area (Å²) in [7, 11) is 0. The monoisotopic (exact) mass is 437 g/mol. The van der Waals surface area contributed by atoms with Gasteiger partial charge in [-0.25, -0.2) is 14.6 Å². The molecule has 1 aliphatic rings. The van der Waals surface area contributed by atoms with Crippen LogP contribution in [0.2, 0.25) is 0 Å². The first-order valence-electron chi connectivity index (χ1n) is 10.6. The van der Waals surface area contributed by atoms with Crippen LogP contribution in [-0.4, -0.2) is 72.7 Å². The van der Waals surface area contributed by atoms with Crippen molar-refractivity contribution in [3.63, 3.8) is 0 Å².